The Labute approximate surface area is 149 Å². The van der Waals surface area contributed by atoms with Gasteiger partial charge in [0.05, 0.1) is 11.9 Å². The van der Waals surface area contributed by atoms with Crippen LogP contribution in [0.15, 0.2) is 54.6 Å². The summed E-state index contributed by atoms with van der Waals surface area (Å²) in [5, 5.41) is 2.79. The van der Waals surface area contributed by atoms with Gasteiger partial charge in [-0.2, -0.15) is 0 Å². The number of anilines is 1. The Bertz CT molecular complexity index is 787. The SMILES string of the molecule is Cc1ccc(CCCNC(=O)CN(c2ccccc2)S(C)(=O)=O)cc1. The Morgan fingerprint density at radius 1 is 1.04 bits per heavy atom. The first-order valence-corrected chi connectivity index (χ1v) is 10.1. The number of nitrogens with one attached hydrogen (secondary N) is 1. The highest BCUT2D eigenvalue weighted by Crippen LogP contribution is 2.16. The molecule has 2 aromatic rings. The highest BCUT2D eigenvalue weighted by molar-refractivity contribution is 7.92. The number of carbonyl (C=O) groups is 1. The standard InChI is InChI=1S/C19H24N2O3S/c1-16-10-12-17(13-11-16)7-6-14-20-19(22)15-21(25(2,23)24)18-8-4-3-5-9-18/h3-5,8-13H,6-7,14-15H2,1-2H3,(H,20,22). The molecule has 1 amide bonds. The molecule has 2 rings (SSSR count). The number of nitrogens with zero attached hydrogens (tertiary/aromatic N) is 1. The summed E-state index contributed by atoms with van der Waals surface area (Å²) < 4.78 is 25.0. The molecule has 0 aliphatic carbocycles. The van der Waals surface area contributed by atoms with Crippen LogP contribution in [-0.4, -0.2) is 33.7 Å². The number of para-hydroxylation sites is 1. The highest BCUT2D eigenvalue weighted by atomic mass is 32.2. The first kappa shape index (κ1) is 19.0. The quantitative estimate of drug-likeness (QED) is 0.736. The van der Waals surface area contributed by atoms with E-state index in [0.717, 1.165) is 23.4 Å². The van der Waals surface area contributed by atoms with Gasteiger partial charge in [-0.25, -0.2) is 8.42 Å². The van der Waals surface area contributed by atoms with Crippen LogP contribution in [0.4, 0.5) is 5.69 Å². The summed E-state index contributed by atoms with van der Waals surface area (Å²) in [7, 11) is -3.52. The fourth-order valence-corrected chi connectivity index (χ4v) is 3.31. The van der Waals surface area contributed by atoms with Crippen molar-refractivity contribution in [3.05, 3.63) is 65.7 Å². The van der Waals surface area contributed by atoms with Crippen molar-refractivity contribution in [2.24, 2.45) is 0 Å². The van der Waals surface area contributed by atoms with Crippen molar-refractivity contribution in [3.8, 4) is 0 Å². The van der Waals surface area contributed by atoms with Crippen LogP contribution in [0.3, 0.4) is 0 Å². The summed E-state index contributed by atoms with van der Waals surface area (Å²) in [6, 6.07) is 16.9. The minimum absolute atomic E-state index is 0.215. The number of hydrogen-bond donors (Lipinski definition) is 1. The van der Waals surface area contributed by atoms with E-state index in [-0.39, 0.29) is 12.5 Å². The Morgan fingerprint density at radius 3 is 2.28 bits per heavy atom. The zero-order valence-corrected chi connectivity index (χ0v) is 15.4. The van der Waals surface area contributed by atoms with Gasteiger partial charge in [-0.05, 0) is 37.5 Å². The average Bonchev–Trinajstić information content (AvgIpc) is 2.58. The molecule has 1 N–H and O–H groups in total. The van der Waals surface area contributed by atoms with Crippen LogP contribution < -0.4 is 9.62 Å². The summed E-state index contributed by atoms with van der Waals surface area (Å²) >= 11 is 0. The number of sulfonamides is 1. The normalized spacial score (nSPS) is 11.1. The molecule has 0 bridgehead atoms. The monoisotopic (exact) mass is 360 g/mol. The number of aryl methyl sites for hydroxylation is 2. The smallest absolute Gasteiger partial charge is 0.240 e. The van der Waals surface area contributed by atoms with E-state index in [4.69, 9.17) is 0 Å². The van der Waals surface area contributed by atoms with Gasteiger partial charge in [0.15, 0.2) is 0 Å². The first-order valence-electron chi connectivity index (χ1n) is 8.21. The van der Waals surface area contributed by atoms with Gasteiger partial charge in [-0.1, -0.05) is 48.0 Å². The van der Waals surface area contributed by atoms with Crippen LogP contribution in [0, 0.1) is 6.92 Å². The van der Waals surface area contributed by atoms with Gasteiger partial charge >= 0.3 is 0 Å². The minimum Gasteiger partial charge on any atom is -0.355 e. The summed E-state index contributed by atoms with van der Waals surface area (Å²) in [6.07, 6.45) is 2.78. The fraction of sp³-hybridized carbons (Fsp3) is 0.316. The lowest BCUT2D eigenvalue weighted by Crippen LogP contribution is -2.40. The number of hydrogen-bond acceptors (Lipinski definition) is 3. The lowest BCUT2D eigenvalue weighted by atomic mass is 10.1. The molecule has 134 valence electrons. The third-order valence-electron chi connectivity index (χ3n) is 3.82. The molecule has 0 spiro atoms. The maximum absolute atomic E-state index is 12.1. The molecule has 0 atom stereocenters. The topological polar surface area (TPSA) is 66.5 Å². The van der Waals surface area contributed by atoms with Gasteiger partial charge in [-0.3, -0.25) is 9.10 Å². The molecule has 0 saturated heterocycles. The molecule has 25 heavy (non-hydrogen) atoms. The van der Waals surface area contributed by atoms with E-state index in [1.165, 1.54) is 11.1 Å². The van der Waals surface area contributed by atoms with Gasteiger partial charge in [0, 0.05) is 6.54 Å². The van der Waals surface area contributed by atoms with Crippen molar-refractivity contribution in [1.82, 2.24) is 5.32 Å². The van der Waals surface area contributed by atoms with E-state index >= 15 is 0 Å². The third-order valence-corrected chi connectivity index (χ3v) is 4.96. The Kier molecular flexibility index (Phi) is 6.58. The van der Waals surface area contributed by atoms with Gasteiger partial charge in [-0.15, -0.1) is 0 Å². The van der Waals surface area contributed by atoms with Crippen molar-refractivity contribution >= 4 is 21.6 Å². The summed E-state index contributed by atoms with van der Waals surface area (Å²) in [5.41, 5.74) is 2.93. The van der Waals surface area contributed by atoms with Gasteiger partial charge in [0.2, 0.25) is 15.9 Å². The molecule has 0 saturated carbocycles. The van der Waals surface area contributed by atoms with Gasteiger partial charge in [0.1, 0.15) is 6.54 Å². The molecule has 2 aromatic carbocycles. The molecule has 0 fully saturated rings. The van der Waals surface area contributed by atoms with Crippen molar-refractivity contribution < 1.29 is 13.2 Å². The molecule has 0 aromatic heterocycles. The second kappa shape index (κ2) is 8.67. The Hall–Kier alpha value is -2.34. The minimum atomic E-state index is -3.52. The van der Waals surface area contributed by atoms with Crippen LogP contribution in [0.25, 0.3) is 0 Å². The fourth-order valence-electron chi connectivity index (χ4n) is 2.46. The van der Waals surface area contributed by atoms with E-state index in [1.807, 2.05) is 6.92 Å². The largest absolute Gasteiger partial charge is 0.355 e. The summed E-state index contributed by atoms with van der Waals surface area (Å²) in [6.45, 7) is 2.34. The Morgan fingerprint density at radius 2 is 1.68 bits per heavy atom. The van der Waals surface area contributed by atoms with E-state index in [0.29, 0.717) is 12.2 Å². The van der Waals surface area contributed by atoms with Gasteiger partial charge in [0.25, 0.3) is 0 Å². The molecule has 0 unspecified atom stereocenters. The number of rotatable bonds is 8. The third kappa shape index (κ3) is 6.23. The van der Waals surface area contributed by atoms with E-state index in [2.05, 4.69) is 29.6 Å². The van der Waals surface area contributed by atoms with Crippen molar-refractivity contribution in [2.45, 2.75) is 19.8 Å². The lowest BCUT2D eigenvalue weighted by molar-refractivity contribution is -0.119. The van der Waals surface area contributed by atoms with Crippen LogP contribution in [0.2, 0.25) is 0 Å². The average molecular weight is 360 g/mol. The Balaban J connectivity index is 1.84. The summed E-state index contributed by atoms with van der Waals surface area (Å²) in [4.78, 5) is 12.1. The lowest BCUT2D eigenvalue weighted by Gasteiger charge is -2.21. The second-order valence-electron chi connectivity index (χ2n) is 6.04. The predicted octanol–water partition coefficient (Wildman–Crippen LogP) is 2.51. The zero-order chi connectivity index (χ0) is 18.3. The molecule has 0 aliphatic rings. The van der Waals surface area contributed by atoms with Crippen molar-refractivity contribution in [3.63, 3.8) is 0 Å². The maximum Gasteiger partial charge on any atom is 0.240 e. The molecule has 0 aliphatic heterocycles. The van der Waals surface area contributed by atoms with E-state index in [1.54, 1.807) is 30.3 Å². The van der Waals surface area contributed by atoms with Gasteiger partial charge < -0.3 is 5.32 Å². The molecule has 5 nitrogen and oxygen atoms in total. The van der Waals surface area contributed by atoms with Crippen molar-refractivity contribution in [1.29, 1.82) is 0 Å². The van der Waals surface area contributed by atoms with Crippen LogP contribution in [-0.2, 0) is 21.2 Å². The summed E-state index contributed by atoms with van der Waals surface area (Å²) in [5.74, 6) is -0.307. The van der Waals surface area contributed by atoms with Crippen LogP contribution in [0.5, 0.6) is 0 Å². The number of amides is 1. The van der Waals surface area contributed by atoms with E-state index < -0.39 is 10.0 Å². The van der Waals surface area contributed by atoms with Crippen LogP contribution >= 0.6 is 0 Å². The molecule has 6 heteroatoms. The molecular weight excluding hydrogens is 336 g/mol. The molecule has 0 radical (unpaired) electrons. The highest BCUT2D eigenvalue weighted by Gasteiger charge is 2.20. The van der Waals surface area contributed by atoms with E-state index in [9.17, 15) is 13.2 Å². The second-order valence-corrected chi connectivity index (χ2v) is 7.95. The number of carbonyl (C=O) groups excluding carboxylic acids is 1. The predicted molar refractivity (Wildman–Crippen MR) is 101 cm³/mol. The zero-order valence-electron chi connectivity index (χ0n) is 14.6. The number of benzene rings is 2. The van der Waals surface area contributed by atoms with Crippen molar-refractivity contribution in [2.75, 3.05) is 23.7 Å². The first-order chi connectivity index (χ1) is 11.9. The maximum atomic E-state index is 12.1. The van der Waals surface area contributed by atoms with Crippen LogP contribution in [0.1, 0.15) is 17.5 Å². The molecule has 0 heterocycles. The molecular formula is C19H24N2O3S.